The summed E-state index contributed by atoms with van der Waals surface area (Å²) in [7, 11) is -3.78. The average molecular weight is 406 g/mol. The lowest BCUT2D eigenvalue weighted by Crippen LogP contribution is -2.27. The third-order valence-electron chi connectivity index (χ3n) is 3.73. The Morgan fingerprint density at radius 1 is 1.19 bits per heavy atom. The average Bonchev–Trinajstić information content (AvgIpc) is 2.95. The fourth-order valence-electron chi connectivity index (χ4n) is 2.47. The molecule has 8 nitrogen and oxygen atoms in total. The number of aromatic nitrogens is 2. The molecule has 0 spiro atoms. The van der Waals surface area contributed by atoms with Gasteiger partial charge in [0.1, 0.15) is 5.50 Å². The van der Waals surface area contributed by atoms with Crippen LogP contribution in [-0.2, 0) is 14.8 Å². The lowest BCUT2D eigenvalue weighted by atomic mass is 10.3. The number of rotatable bonds is 6. The van der Waals surface area contributed by atoms with E-state index in [1.807, 2.05) is 6.92 Å². The molecule has 3 rings (SSSR count). The Kier molecular flexibility index (Phi) is 5.38. The Morgan fingerprint density at radius 2 is 1.89 bits per heavy atom. The van der Waals surface area contributed by atoms with E-state index in [4.69, 9.17) is 0 Å². The molecule has 2 aromatic rings. The van der Waals surface area contributed by atoms with Crippen molar-refractivity contribution in [3.63, 3.8) is 0 Å². The molecule has 1 aromatic carbocycles. The van der Waals surface area contributed by atoms with Crippen molar-refractivity contribution in [1.29, 1.82) is 0 Å². The molecule has 1 atom stereocenters. The first-order valence-corrected chi connectivity index (χ1v) is 10.4. The van der Waals surface area contributed by atoms with E-state index in [9.17, 15) is 13.2 Å². The van der Waals surface area contributed by atoms with Crippen LogP contribution in [0, 0.1) is 6.92 Å². The highest BCUT2D eigenvalue weighted by Gasteiger charge is 2.24. The number of hydrogen-bond donors (Lipinski definition) is 3. The molecule has 1 aliphatic heterocycles. The van der Waals surface area contributed by atoms with Crippen molar-refractivity contribution in [3.05, 3.63) is 52.8 Å². The zero-order valence-electron chi connectivity index (χ0n) is 15.0. The molecular formula is C17H19N5O3S2. The third kappa shape index (κ3) is 4.58. The minimum absolute atomic E-state index is 0.0141. The maximum absolute atomic E-state index is 12.5. The number of thioether (sulfide) groups is 1. The maximum atomic E-state index is 12.5. The van der Waals surface area contributed by atoms with Crippen molar-refractivity contribution < 1.29 is 13.2 Å². The van der Waals surface area contributed by atoms with Gasteiger partial charge in [-0.1, -0.05) is 11.8 Å². The highest BCUT2D eigenvalue weighted by molar-refractivity contribution is 8.04. The van der Waals surface area contributed by atoms with Gasteiger partial charge in [-0.3, -0.25) is 4.79 Å². The van der Waals surface area contributed by atoms with E-state index in [1.165, 1.54) is 37.0 Å². The standard InChI is InChI=1S/C17H19N5O3S2/c1-10-8-9-18-16(19-10)22-27(24,25)14-6-4-13(5-7-14)21-17-20-11(2)15(26-17)12(3)23/h4-9,17,20-21H,1-3H3,(H,18,19,22)/t17-/m0/s1. The normalized spacial score (nSPS) is 16.8. The van der Waals surface area contributed by atoms with Crippen molar-refractivity contribution >= 4 is 39.2 Å². The SMILES string of the molecule is CC(=O)C1=C(C)N[C@@H](Nc2ccc(S(=O)(=O)Nc3nccc(C)n3)cc2)S1. The molecule has 2 heterocycles. The summed E-state index contributed by atoms with van der Waals surface area (Å²) in [5, 5.41) is 6.39. The van der Waals surface area contributed by atoms with Gasteiger partial charge in [0.25, 0.3) is 10.0 Å². The number of carbonyl (C=O) groups excluding carboxylic acids is 1. The second kappa shape index (κ2) is 7.57. The summed E-state index contributed by atoms with van der Waals surface area (Å²) in [6.45, 7) is 5.13. The molecule has 0 amide bonds. The maximum Gasteiger partial charge on any atom is 0.264 e. The first kappa shape index (κ1) is 19.2. The number of Topliss-reactive ketones (excluding diaryl/α,β-unsaturated/α-hetero) is 1. The second-order valence-electron chi connectivity index (χ2n) is 5.95. The van der Waals surface area contributed by atoms with Gasteiger partial charge < -0.3 is 10.6 Å². The van der Waals surface area contributed by atoms with Crippen molar-refractivity contribution in [2.75, 3.05) is 10.0 Å². The van der Waals surface area contributed by atoms with Crippen LogP contribution in [0.5, 0.6) is 0 Å². The summed E-state index contributed by atoms with van der Waals surface area (Å²) in [4.78, 5) is 20.3. The Labute approximate surface area is 161 Å². The van der Waals surface area contributed by atoms with Crippen LogP contribution in [-0.4, -0.2) is 29.7 Å². The predicted octanol–water partition coefficient (Wildman–Crippen LogP) is 2.44. The lowest BCUT2D eigenvalue weighted by Gasteiger charge is -2.15. The van der Waals surface area contributed by atoms with E-state index < -0.39 is 10.0 Å². The van der Waals surface area contributed by atoms with Crippen LogP contribution in [0.15, 0.2) is 52.0 Å². The van der Waals surface area contributed by atoms with Gasteiger partial charge in [-0.25, -0.2) is 23.1 Å². The van der Waals surface area contributed by atoms with Crippen LogP contribution in [0.25, 0.3) is 0 Å². The highest BCUT2D eigenvalue weighted by atomic mass is 32.2. The highest BCUT2D eigenvalue weighted by Crippen LogP contribution is 2.31. The van der Waals surface area contributed by atoms with Crippen LogP contribution < -0.4 is 15.4 Å². The summed E-state index contributed by atoms with van der Waals surface area (Å²) in [5.74, 6) is 0.0438. The molecule has 0 saturated heterocycles. The van der Waals surface area contributed by atoms with Gasteiger partial charge in [-0.15, -0.1) is 0 Å². The Morgan fingerprint density at radius 3 is 2.48 bits per heavy atom. The molecule has 142 valence electrons. The van der Waals surface area contributed by atoms with Gasteiger partial charge in [-0.05, 0) is 51.1 Å². The molecule has 1 aliphatic rings. The van der Waals surface area contributed by atoms with Gasteiger partial charge in [0.05, 0.1) is 9.80 Å². The van der Waals surface area contributed by atoms with Crippen molar-refractivity contribution in [1.82, 2.24) is 15.3 Å². The van der Waals surface area contributed by atoms with E-state index in [0.29, 0.717) is 10.6 Å². The number of sulfonamides is 1. The van der Waals surface area contributed by atoms with Crippen LogP contribution in [0.2, 0.25) is 0 Å². The number of ketones is 1. The van der Waals surface area contributed by atoms with Gasteiger partial charge in [-0.2, -0.15) is 0 Å². The molecule has 0 saturated carbocycles. The fourth-order valence-corrected chi connectivity index (χ4v) is 4.49. The number of benzene rings is 1. The molecule has 0 radical (unpaired) electrons. The number of aryl methyl sites for hydroxylation is 1. The Bertz CT molecular complexity index is 1000. The Balaban J connectivity index is 1.67. The molecule has 1 aromatic heterocycles. The molecular weight excluding hydrogens is 386 g/mol. The number of carbonyl (C=O) groups is 1. The minimum atomic E-state index is -3.78. The van der Waals surface area contributed by atoms with Crippen LogP contribution >= 0.6 is 11.8 Å². The number of allylic oxidation sites excluding steroid dienone is 2. The quantitative estimate of drug-likeness (QED) is 0.672. The topological polar surface area (TPSA) is 113 Å². The number of nitrogens with one attached hydrogen (secondary N) is 3. The van der Waals surface area contributed by atoms with E-state index >= 15 is 0 Å². The largest absolute Gasteiger partial charge is 0.359 e. The molecule has 0 fully saturated rings. The smallest absolute Gasteiger partial charge is 0.264 e. The molecule has 0 unspecified atom stereocenters. The van der Waals surface area contributed by atoms with Crippen molar-refractivity contribution in [2.45, 2.75) is 31.2 Å². The Hall–Kier alpha value is -2.59. The van der Waals surface area contributed by atoms with Crippen molar-refractivity contribution in [2.24, 2.45) is 0 Å². The van der Waals surface area contributed by atoms with Crippen LogP contribution in [0.3, 0.4) is 0 Å². The molecule has 0 bridgehead atoms. The van der Waals surface area contributed by atoms with Gasteiger partial charge >= 0.3 is 0 Å². The van der Waals surface area contributed by atoms with Gasteiger partial charge in [0.15, 0.2) is 5.78 Å². The van der Waals surface area contributed by atoms with Gasteiger partial charge in [0.2, 0.25) is 5.95 Å². The fraction of sp³-hybridized carbons (Fsp3) is 0.235. The number of hydrogen-bond acceptors (Lipinski definition) is 8. The minimum Gasteiger partial charge on any atom is -0.359 e. The number of anilines is 2. The molecule has 0 aliphatic carbocycles. The zero-order chi connectivity index (χ0) is 19.6. The van der Waals surface area contributed by atoms with E-state index in [1.54, 1.807) is 25.1 Å². The van der Waals surface area contributed by atoms with Crippen molar-refractivity contribution in [3.8, 4) is 0 Å². The molecule has 3 N–H and O–H groups in total. The van der Waals surface area contributed by atoms with Crippen LogP contribution in [0.4, 0.5) is 11.6 Å². The lowest BCUT2D eigenvalue weighted by molar-refractivity contribution is -0.113. The van der Waals surface area contributed by atoms with Gasteiger partial charge in [0, 0.05) is 23.3 Å². The van der Waals surface area contributed by atoms with E-state index in [0.717, 1.165) is 11.4 Å². The van der Waals surface area contributed by atoms with E-state index in [-0.39, 0.29) is 22.1 Å². The summed E-state index contributed by atoms with van der Waals surface area (Å²) in [5.41, 5.74) is 2.03. The first-order valence-electron chi connectivity index (χ1n) is 8.09. The summed E-state index contributed by atoms with van der Waals surface area (Å²) in [6, 6.07) is 7.99. The van der Waals surface area contributed by atoms with Crippen LogP contribution in [0.1, 0.15) is 19.5 Å². The summed E-state index contributed by atoms with van der Waals surface area (Å²) in [6.07, 6.45) is 1.49. The molecule has 10 heteroatoms. The first-order chi connectivity index (χ1) is 12.7. The number of nitrogens with zero attached hydrogens (tertiary/aromatic N) is 2. The predicted molar refractivity (Wildman–Crippen MR) is 106 cm³/mol. The second-order valence-corrected chi connectivity index (χ2v) is 8.75. The third-order valence-corrected chi connectivity index (χ3v) is 6.37. The summed E-state index contributed by atoms with van der Waals surface area (Å²) < 4.78 is 27.3. The summed E-state index contributed by atoms with van der Waals surface area (Å²) >= 11 is 1.40. The molecule has 27 heavy (non-hydrogen) atoms. The van der Waals surface area contributed by atoms with E-state index in [2.05, 4.69) is 25.3 Å². The zero-order valence-corrected chi connectivity index (χ0v) is 16.6. The monoisotopic (exact) mass is 405 g/mol.